The molecule has 3 heteroatoms. The highest BCUT2D eigenvalue weighted by Crippen LogP contribution is 2.47. The van der Waals surface area contributed by atoms with Gasteiger partial charge in [-0.25, -0.2) is 0 Å². The highest BCUT2D eigenvalue weighted by atomic mass is 16.3. The molecule has 0 amide bonds. The lowest BCUT2D eigenvalue weighted by Gasteiger charge is -2.46. The first-order valence-electron chi connectivity index (χ1n) is 7.96. The van der Waals surface area contributed by atoms with E-state index in [-0.39, 0.29) is 5.78 Å². The Morgan fingerprint density at radius 1 is 1.36 bits per heavy atom. The molecule has 0 aromatic heterocycles. The summed E-state index contributed by atoms with van der Waals surface area (Å²) in [5.41, 5.74) is 0.561. The third-order valence-corrected chi connectivity index (χ3v) is 4.69. The first-order chi connectivity index (χ1) is 10.2. The van der Waals surface area contributed by atoms with Gasteiger partial charge in [0.1, 0.15) is 11.9 Å². The van der Waals surface area contributed by atoms with Crippen molar-refractivity contribution in [2.45, 2.75) is 65.9 Å². The van der Waals surface area contributed by atoms with E-state index in [0.29, 0.717) is 6.42 Å². The van der Waals surface area contributed by atoms with Crippen LogP contribution in [0.15, 0.2) is 34.9 Å². The first kappa shape index (κ1) is 18.6. The van der Waals surface area contributed by atoms with Gasteiger partial charge in [-0.05, 0) is 55.6 Å². The van der Waals surface area contributed by atoms with Crippen LogP contribution >= 0.6 is 0 Å². The third kappa shape index (κ3) is 3.64. The van der Waals surface area contributed by atoms with Crippen molar-refractivity contribution >= 4 is 12.1 Å². The molecule has 22 heavy (non-hydrogen) atoms. The fourth-order valence-electron chi connectivity index (χ4n) is 3.04. The van der Waals surface area contributed by atoms with Crippen LogP contribution in [-0.2, 0) is 9.59 Å². The van der Waals surface area contributed by atoms with Gasteiger partial charge >= 0.3 is 0 Å². The number of Topliss-reactive ketones (excluding diaryl/α,β-unsaturated/α-hetero) is 1. The van der Waals surface area contributed by atoms with E-state index in [2.05, 4.69) is 6.92 Å². The van der Waals surface area contributed by atoms with Gasteiger partial charge in [0.2, 0.25) is 0 Å². The molecule has 1 atom stereocenters. The van der Waals surface area contributed by atoms with Crippen LogP contribution in [0.4, 0.5) is 0 Å². The van der Waals surface area contributed by atoms with Gasteiger partial charge < -0.3 is 5.11 Å². The van der Waals surface area contributed by atoms with Gasteiger partial charge in [-0.1, -0.05) is 33.3 Å². The quantitative estimate of drug-likeness (QED) is 0.459. The molecule has 0 aliphatic heterocycles. The topological polar surface area (TPSA) is 54.4 Å². The lowest BCUT2D eigenvalue weighted by atomic mass is 9.62. The van der Waals surface area contributed by atoms with Crippen LogP contribution in [0.1, 0.15) is 60.3 Å². The summed E-state index contributed by atoms with van der Waals surface area (Å²) in [5.74, 6) is 0.147. The zero-order chi connectivity index (χ0) is 17.0. The Morgan fingerprint density at radius 2 is 2.00 bits per heavy atom. The summed E-state index contributed by atoms with van der Waals surface area (Å²) in [6.45, 7) is 9.58. The molecule has 1 rings (SSSR count). The predicted octanol–water partition coefficient (Wildman–Crippen LogP) is 3.92. The monoisotopic (exact) mass is 304 g/mol. The summed E-state index contributed by atoms with van der Waals surface area (Å²) in [6, 6.07) is 0. The minimum Gasteiger partial charge on any atom is -0.381 e. The fraction of sp³-hybridized carbons (Fsp3) is 0.579. The summed E-state index contributed by atoms with van der Waals surface area (Å²) >= 11 is 0. The van der Waals surface area contributed by atoms with Gasteiger partial charge in [0.25, 0.3) is 0 Å². The van der Waals surface area contributed by atoms with Crippen LogP contribution in [-0.4, -0.2) is 22.8 Å². The van der Waals surface area contributed by atoms with Crippen LogP contribution in [0.25, 0.3) is 0 Å². The number of ketones is 1. The van der Waals surface area contributed by atoms with Gasteiger partial charge in [0, 0.05) is 11.8 Å². The maximum atomic E-state index is 12.4. The van der Waals surface area contributed by atoms with Crippen LogP contribution in [0.2, 0.25) is 0 Å². The summed E-state index contributed by atoms with van der Waals surface area (Å²) in [7, 11) is 0. The van der Waals surface area contributed by atoms with Gasteiger partial charge in [-0.3, -0.25) is 9.59 Å². The van der Waals surface area contributed by atoms with E-state index in [9.17, 15) is 14.7 Å². The normalized spacial score (nSPS) is 25.9. The Morgan fingerprint density at radius 3 is 2.55 bits per heavy atom. The van der Waals surface area contributed by atoms with Crippen molar-refractivity contribution < 1.29 is 14.7 Å². The molecule has 1 aliphatic rings. The number of aldehydes is 1. The molecule has 0 radical (unpaired) electrons. The van der Waals surface area contributed by atoms with Crippen molar-refractivity contribution in [1.29, 1.82) is 0 Å². The highest BCUT2D eigenvalue weighted by Gasteiger charge is 2.49. The third-order valence-electron chi connectivity index (χ3n) is 4.69. The molecular weight excluding hydrogens is 276 g/mol. The van der Waals surface area contributed by atoms with Crippen LogP contribution in [0.3, 0.4) is 0 Å². The number of unbranched alkanes of at least 4 members (excludes halogenated alkanes) is 1. The minimum atomic E-state index is -1.16. The number of carbonyl (C=O) groups is 2. The second-order valence-electron chi connectivity index (χ2n) is 6.84. The lowest BCUT2D eigenvalue weighted by Crippen LogP contribution is -2.49. The molecule has 0 heterocycles. The van der Waals surface area contributed by atoms with Crippen LogP contribution in [0, 0.1) is 5.41 Å². The smallest absolute Gasteiger partial charge is 0.159 e. The predicted molar refractivity (Wildman–Crippen MR) is 89.5 cm³/mol. The van der Waals surface area contributed by atoms with Crippen molar-refractivity contribution in [3.8, 4) is 0 Å². The average Bonchev–Trinajstić information content (AvgIpc) is 2.43. The summed E-state index contributed by atoms with van der Waals surface area (Å²) < 4.78 is 0. The van der Waals surface area contributed by atoms with Gasteiger partial charge in [-0.2, -0.15) is 0 Å². The average molecular weight is 304 g/mol. The van der Waals surface area contributed by atoms with Crippen molar-refractivity contribution in [2.24, 2.45) is 5.41 Å². The Hall–Kier alpha value is -1.48. The molecule has 1 aliphatic carbocycles. The van der Waals surface area contributed by atoms with Crippen molar-refractivity contribution in [3.63, 3.8) is 0 Å². The minimum absolute atomic E-state index is 0.147. The Balaban J connectivity index is 3.31. The number of rotatable bonds is 6. The largest absolute Gasteiger partial charge is 0.381 e. The molecule has 0 aromatic carbocycles. The maximum absolute atomic E-state index is 12.4. The second-order valence-corrected chi connectivity index (χ2v) is 6.84. The molecule has 0 saturated carbocycles. The first-order valence-corrected chi connectivity index (χ1v) is 7.96. The maximum Gasteiger partial charge on any atom is 0.159 e. The van der Waals surface area contributed by atoms with E-state index in [4.69, 9.17) is 0 Å². The Bertz CT molecular complexity index is 535. The molecule has 0 fully saturated rings. The van der Waals surface area contributed by atoms with Crippen LogP contribution < -0.4 is 0 Å². The number of hydrogen-bond donors (Lipinski definition) is 1. The van der Waals surface area contributed by atoms with E-state index in [0.717, 1.165) is 42.3 Å². The zero-order valence-electron chi connectivity index (χ0n) is 14.4. The summed E-state index contributed by atoms with van der Waals surface area (Å²) in [6.07, 6.45) is 8.69. The number of allylic oxidation sites excluding steroid dienone is 4. The van der Waals surface area contributed by atoms with E-state index < -0.39 is 11.0 Å². The SMILES string of the molecule is CCCCC1=C(C)C(O)(/C=C/C(C)=C\C=O)C(C)(C)CC1=O. The molecule has 0 saturated heterocycles. The van der Waals surface area contributed by atoms with Crippen molar-refractivity contribution in [2.75, 3.05) is 0 Å². The fourth-order valence-corrected chi connectivity index (χ4v) is 3.04. The van der Waals surface area contributed by atoms with E-state index in [1.54, 1.807) is 12.2 Å². The van der Waals surface area contributed by atoms with E-state index in [1.165, 1.54) is 6.08 Å². The standard InChI is InChI=1S/C19H28O3/c1-6-7-8-16-15(3)19(22,11-9-14(2)10-12-20)18(4,5)13-17(16)21/h9-12,22H,6-8,13H2,1-5H3/b11-9+,14-10-. The van der Waals surface area contributed by atoms with Gasteiger partial charge in [-0.15, -0.1) is 0 Å². The van der Waals surface area contributed by atoms with E-state index in [1.807, 2.05) is 27.7 Å². The number of aliphatic hydroxyl groups is 1. The number of hydrogen-bond acceptors (Lipinski definition) is 3. The molecule has 122 valence electrons. The number of carbonyl (C=O) groups excluding carboxylic acids is 2. The highest BCUT2D eigenvalue weighted by molar-refractivity contribution is 5.98. The Kier molecular flexibility index (Phi) is 6.07. The molecule has 1 N–H and O–H groups in total. The van der Waals surface area contributed by atoms with Crippen molar-refractivity contribution in [3.05, 3.63) is 34.9 Å². The molecular formula is C19H28O3. The summed E-state index contributed by atoms with van der Waals surface area (Å²) in [5, 5.41) is 11.3. The molecule has 3 nitrogen and oxygen atoms in total. The molecule has 0 bridgehead atoms. The second kappa shape index (κ2) is 7.19. The summed E-state index contributed by atoms with van der Waals surface area (Å²) in [4.78, 5) is 22.9. The Labute approximate surface area is 133 Å². The van der Waals surface area contributed by atoms with Gasteiger partial charge in [0.05, 0.1) is 0 Å². The van der Waals surface area contributed by atoms with E-state index >= 15 is 0 Å². The molecule has 1 unspecified atom stereocenters. The molecule has 0 aromatic rings. The van der Waals surface area contributed by atoms with Crippen molar-refractivity contribution in [1.82, 2.24) is 0 Å². The van der Waals surface area contributed by atoms with Crippen LogP contribution in [0.5, 0.6) is 0 Å². The lowest BCUT2D eigenvalue weighted by molar-refractivity contribution is -0.123. The zero-order valence-corrected chi connectivity index (χ0v) is 14.4. The molecule has 0 spiro atoms. The van der Waals surface area contributed by atoms with Gasteiger partial charge in [0.15, 0.2) is 5.78 Å².